The quantitative estimate of drug-likeness (QED) is 0.128. The van der Waals surface area contributed by atoms with E-state index >= 15 is 0 Å². The first-order valence-corrected chi connectivity index (χ1v) is 17.3. The van der Waals surface area contributed by atoms with Crippen LogP contribution in [0.1, 0.15) is 71.6 Å². The average Bonchev–Trinajstić information content (AvgIpc) is 4.03. The van der Waals surface area contributed by atoms with Crippen molar-refractivity contribution in [3.8, 4) is 33.6 Å². The summed E-state index contributed by atoms with van der Waals surface area (Å²) in [7, 11) is 0. The van der Waals surface area contributed by atoms with E-state index in [9.17, 15) is 19.5 Å². The molecule has 2 aliphatic heterocycles. The Morgan fingerprint density at radius 2 is 1.27 bits per heavy atom. The number of amides is 3. The van der Waals surface area contributed by atoms with Crippen molar-refractivity contribution in [3.05, 3.63) is 127 Å². The van der Waals surface area contributed by atoms with Crippen LogP contribution in [-0.4, -0.2) is 70.8 Å². The normalized spacial score (nSPS) is 17.7. The van der Waals surface area contributed by atoms with E-state index in [0.29, 0.717) is 24.5 Å². The van der Waals surface area contributed by atoms with Gasteiger partial charge in [0.15, 0.2) is 6.39 Å². The summed E-state index contributed by atoms with van der Waals surface area (Å²) in [5, 5.41) is 11.9. The zero-order valence-corrected chi connectivity index (χ0v) is 28.1. The maximum Gasteiger partial charge on any atom is 0.405 e. The number of carbonyl (C=O) groups is 3. The third-order valence-corrected chi connectivity index (χ3v) is 9.89. The molecule has 2 aliphatic rings. The summed E-state index contributed by atoms with van der Waals surface area (Å²) < 4.78 is 5.24. The predicted molar refractivity (Wildman–Crippen MR) is 191 cm³/mol. The fourth-order valence-electron chi connectivity index (χ4n) is 7.28. The first kappa shape index (κ1) is 32.7. The van der Waals surface area contributed by atoms with Crippen LogP contribution >= 0.6 is 0 Å². The van der Waals surface area contributed by atoms with Gasteiger partial charge in [-0.05, 0) is 53.5 Å². The summed E-state index contributed by atoms with van der Waals surface area (Å²) in [4.78, 5) is 61.7. The molecule has 3 atom stereocenters. The molecule has 0 radical (unpaired) electrons. The molecular formula is C39H36N8O5. The number of hydrogen-bond donors (Lipinski definition) is 4. The second-order valence-corrected chi connectivity index (χ2v) is 13.0. The summed E-state index contributed by atoms with van der Waals surface area (Å²) in [6, 6.07) is 23.9. The Hall–Kier alpha value is -6.50. The second kappa shape index (κ2) is 14.0. The largest absolute Gasteiger partial charge is 0.465 e. The van der Waals surface area contributed by atoms with Crippen LogP contribution in [0.15, 0.2) is 108 Å². The molecule has 2 fully saturated rings. The molecule has 3 aromatic heterocycles. The van der Waals surface area contributed by atoms with Crippen molar-refractivity contribution >= 4 is 17.9 Å². The van der Waals surface area contributed by atoms with Crippen molar-refractivity contribution in [1.29, 1.82) is 0 Å². The molecule has 0 saturated carbocycles. The molecule has 262 valence electrons. The fraction of sp³-hybridized carbons (Fsp3) is 0.231. The molecule has 2 saturated heterocycles. The van der Waals surface area contributed by atoms with Gasteiger partial charge in [0.1, 0.15) is 17.7 Å². The Balaban J connectivity index is 0.936. The van der Waals surface area contributed by atoms with Crippen molar-refractivity contribution in [2.24, 2.45) is 0 Å². The van der Waals surface area contributed by atoms with E-state index in [2.05, 4.69) is 66.6 Å². The van der Waals surface area contributed by atoms with E-state index in [-0.39, 0.29) is 29.7 Å². The number of aromatic nitrogens is 5. The summed E-state index contributed by atoms with van der Waals surface area (Å²) in [6.45, 7) is 1.16. The smallest absolute Gasteiger partial charge is 0.405 e. The zero-order chi connectivity index (χ0) is 35.6. The minimum Gasteiger partial charge on any atom is -0.465 e. The lowest BCUT2D eigenvalue weighted by atomic mass is 10.0. The van der Waals surface area contributed by atoms with Gasteiger partial charge in [-0.1, -0.05) is 78.9 Å². The number of nitrogens with zero attached hydrogens (tertiary/aromatic N) is 5. The number of likely N-dealkylation sites (tertiary alicyclic amines) is 2. The Kier molecular flexibility index (Phi) is 8.81. The minimum atomic E-state index is -1.25. The summed E-state index contributed by atoms with van der Waals surface area (Å²) in [5.74, 6) is 1.17. The third-order valence-electron chi connectivity index (χ3n) is 9.89. The van der Waals surface area contributed by atoms with Gasteiger partial charge in [-0.15, -0.1) is 0 Å². The summed E-state index contributed by atoms with van der Waals surface area (Å²) in [5.41, 5.74) is 6.36. The fourth-order valence-corrected chi connectivity index (χ4v) is 7.28. The van der Waals surface area contributed by atoms with Gasteiger partial charge in [0, 0.05) is 13.1 Å². The minimum absolute atomic E-state index is 0.150. The molecular weight excluding hydrogens is 660 g/mol. The molecule has 13 nitrogen and oxygen atoms in total. The maximum absolute atomic E-state index is 13.7. The van der Waals surface area contributed by atoms with E-state index < -0.39 is 12.1 Å². The highest BCUT2D eigenvalue weighted by Gasteiger charge is 2.37. The van der Waals surface area contributed by atoms with Gasteiger partial charge < -0.3 is 34.6 Å². The Bertz CT molecular complexity index is 2180. The molecule has 0 bridgehead atoms. The van der Waals surface area contributed by atoms with Crippen molar-refractivity contribution in [2.75, 3.05) is 13.1 Å². The lowest BCUT2D eigenvalue weighted by Gasteiger charge is -2.28. The van der Waals surface area contributed by atoms with Gasteiger partial charge in [-0.3, -0.25) is 9.59 Å². The van der Waals surface area contributed by atoms with Gasteiger partial charge in [-0.2, -0.15) is 0 Å². The SMILES string of the molecule is O=C(O)N[C@@H](C(=O)N1CCC[C@H]1c1ncc(-c2ccc(-c3ccc(-c4cnc([C@@H]5CCCN5C(=O)c5cnco5)[nH]4)cc3)cc2)[nH]1)c1ccccc1. The van der Waals surface area contributed by atoms with Crippen molar-refractivity contribution in [2.45, 2.75) is 43.8 Å². The van der Waals surface area contributed by atoms with Gasteiger partial charge in [0.25, 0.3) is 11.8 Å². The van der Waals surface area contributed by atoms with Crippen LogP contribution in [0.5, 0.6) is 0 Å². The highest BCUT2D eigenvalue weighted by Crippen LogP contribution is 2.35. The Morgan fingerprint density at radius 3 is 1.81 bits per heavy atom. The molecule has 3 amide bonds. The van der Waals surface area contributed by atoms with E-state index in [1.54, 1.807) is 40.3 Å². The molecule has 6 aromatic rings. The number of nitrogens with one attached hydrogen (secondary N) is 3. The number of carboxylic acid groups (broad SMARTS) is 1. The number of hydrogen-bond acceptors (Lipinski definition) is 7. The number of imidazole rings is 2. The van der Waals surface area contributed by atoms with E-state index in [1.165, 1.54) is 12.6 Å². The van der Waals surface area contributed by atoms with Gasteiger partial charge >= 0.3 is 6.09 Å². The highest BCUT2D eigenvalue weighted by molar-refractivity contribution is 5.91. The first-order valence-electron chi connectivity index (χ1n) is 17.3. The molecule has 4 N–H and O–H groups in total. The van der Waals surface area contributed by atoms with E-state index in [1.807, 2.05) is 24.4 Å². The van der Waals surface area contributed by atoms with Crippen molar-refractivity contribution in [1.82, 2.24) is 40.0 Å². The average molecular weight is 697 g/mol. The van der Waals surface area contributed by atoms with Crippen LogP contribution in [0, 0.1) is 0 Å². The number of benzene rings is 3. The lowest BCUT2D eigenvalue weighted by molar-refractivity contribution is -0.134. The Morgan fingerprint density at radius 1 is 0.731 bits per heavy atom. The van der Waals surface area contributed by atoms with Gasteiger partial charge in [0.2, 0.25) is 5.76 Å². The molecule has 0 unspecified atom stereocenters. The van der Waals surface area contributed by atoms with Gasteiger partial charge in [-0.25, -0.2) is 19.7 Å². The topological polar surface area (TPSA) is 173 Å². The van der Waals surface area contributed by atoms with E-state index in [0.717, 1.165) is 65.1 Å². The zero-order valence-electron chi connectivity index (χ0n) is 28.1. The van der Waals surface area contributed by atoms with Crippen molar-refractivity contribution in [3.63, 3.8) is 0 Å². The third kappa shape index (κ3) is 6.43. The van der Waals surface area contributed by atoms with Crippen LogP contribution in [-0.2, 0) is 4.79 Å². The van der Waals surface area contributed by atoms with Crippen molar-refractivity contribution < 1.29 is 23.9 Å². The highest BCUT2D eigenvalue weighted by atomic mass is 16.4. The molecule has 0 aliphatic carbocycles. The monoisotopic (exact) mass is 696 g/mol. The Labute approximate surface area is 298 Å². The van der Waals surface area contributed by atoms with Crippen LogP contribution in [0.2, 0.25) is 0 Å². The molecule has 0 spiro atoms. The van der Waals surface area contributed by atoms with Crippen LogP contribution in [0.3, 0.4) is 0 Å². The first-order chi connectivity index (χ1) is 25.4. The second-order valence-electron chi connectivity index (χ2n) is 13.0. The number of rotatable bonds is 9. The van der Waals surface area contributed by atoms with Crippen LogP contribution in [0.25, 0.3) is 33.6 Å². The summed E-state index contributed by atoms with van der Waals surface area (Å²) in [6.07, 6.45) is 8.26. The molecule has 3 aromatic carbocycles. The van der Waals surface area contributed by atoms with Crippen LogP contribution < -0.4 is 5.32 Å². The number of oxazole rings is 1. The summed E-state index contributed by atoms with van der Waals surface area (Å²) >= 11 is 0. The molecule has 52 heavy (non-hydrogen) atoms. The predicted octanol–water partition coefficient (Wildman–Crippen LogP) is 6.77. The molecule has 13 heteroatoms. The maximum atomic E-state index is 13.7. The standard InChI is InChI=1S/C39H36N8O5/c48-37(33-22-40-23-52-33)46-18-4-8-31(46)35-41-20-29(43-35)26-14-10-24(11-15-26)25-12-16-27(17-13-25)30-21-42-36(44-30)32-9-5-19-47(32)38(49)34(45-39(50)51)28-6-2-1-3-7-28/h1-3,6-7,10-17,20-23,31-32,34,45H,4-5,8-9,18-19H2,(H,41,43)(H,42,44)(H,50,51)/t31-,32-,34+/m0/s1. The molecule has 5 heterocycles. The van der Waals surface area contributed by atoms with Gasteiger partial charge in [0.05, 0.1) is 42.1 Å². The van der Waals surface area contributed by atoms with E-state index in [4.69, 9.17) is 4.42 Å². The number of aromatic amines is 2. The van der Waals surface area contributed by atoms with Crippen LogP contribution in [0.4, 0.5) is 4.79 Å². The molecule has 8 rings (SSSR count). The number of carbonyl (C=O) groups excluding carboxylic acids is 2. The number of H-pyrrole nitrogens is 2. The lowest BCUT2D eigenvalue weighted by Crippen LogP contribution is -2.42.